The van der Waals surface area contributed by atoms with Gasteiger partial charge in [0, 0.05) is 6.54 Å². The Kier molecular flexibility index (Phi) is 7.13. The number of hydrogen-bond donors (Lipinski definition) is 1. The van der Waals surface area contributed by atoms with Crippen LogP contribution in [0.3, 0.4) is 0 Å². The summed E-state index contributed by atoms with van der Waals surface area (Å²) in [5.41, 5.74) is 2.23. The third-order valence-electron chi connectivity index (χ3n) is 6.38. The summed E-state index contributed by atoms with van der Waals surface area (Å²) in [6.07, 6.45) is 2.01. The van der Waals surface area contributed by atoms with Gasteiger partial charge in [0.2, 0.25) is 0 Å². The van der Waals surface area contributed by atoms with E-state index in [2.05, 4.69) is 22.2 Å². The number of hydrogen-bond acceptors (Lipinski definition) is 4. The van der Waals surface area contributed by atoms with Crippen LogP contribution in [0.25, 0.3) is 0 Å². The van der Waals surface area contributed by atoms with Gasteiger partial charge in [0.15, 0.2) is 11.5 Å². The molecule has 0 unspecified atom stereocenters. The first-order valence-electron chi connectivity index (χ1n) is 11.3. The number of alkyl halides is 3. The van der Waals surface area contributed by atoms with E-state index >= 15 is 0 Å². The molecule has 0 radical (unpaired) electrons. The van der Waals surface area contributed by atoms with Crippen LogP contribution in [0.5, 0.6) is 17.2 Å². The van der Waals surface area contributed by atoms with Crippen LogP contribution in [-0.2, 0) is 6.42 Å². The Balaban J connectivity index is 1.40. The molecule has 0 bridgehead atoms. The van der Waals surface area contributed by atoms with Crippen molar-refractivity contribution >= 4 is 0 Å². The number of nitrogens with one attached hydrogen (secondary N) is 1. The van der Waals surface area contributed by atoms with E-state index in [0.29, 0.717) is 11.8 Å². The second kappa shape index (κ2) is 10.0. The summed E-state index contributed by atoms with van der Waals surface area (Å²) < 4.78 is 52.8. The highest BCUT2D eigenvalue weighted by molar-refractivity contribution is 5.44. The van der Waals surface area contributed by atoms with E-state index in [9.17, 15) is 13.2 Å². The van der Waals surface area contributed by atoms with E-state index in [4.69, 9.17) is 9.47 Å². The molecule has 1 aliphatic carbocycles. The lowest BCUT2D eigenvalue weighted by Crippen LogP contribution is -2.36. The molecule has 174 valence electrons. The molecule has 2 aliphatic rings. The van der Waals surface area contributed by atoms with Crippen molar-refractivity contribution in [2.45, 2.75) is 56.9 Å². The molecule has 2 fully saturated rings. The van der Waals surface area contributed by atoms with Gasteiger partial charge in [-0.3, -0.25) is 0 Å². The van der Waals surface area contributed by atoms with Gasteiger partial charge in [-0.25, -0.2) is 0 Å². The Hall–Kier alpha value is -2.41. The first-order valence-corrected chi connectivity index (χ1v) is 11.3. The lowest BCUT2D eigenvalue weighted by atomic mass is 9.82. The zero-order chi connectivity index (χ0) is 22.6. The molecular formula is C25H30F3NO3. The molecule has 2 atom stereocenters. The molecule has 1 N–H and O–H groups in total. The Morgan fingerprint density at radius 3 is 2.41 bits per heavy atom. The van der Waals surface area contributed by atoms with Gasteiger partial charge in [0.1, 0.15) is 5.75 Å². The summed E-state index contributed by atoms with van der Waals surface area (Å²) in [5.74, 6) is 2.14. The van der Waals surface area contributed by atoms with Gasteiger partial charge < -0.3 is 19.5 Å². The minimum Gasteiger partial charge on any atom is -0.493 e. The van der Waals surface area contributed by atoms with Crippen LogP contribution in [-0.4, -0.2) is 32.7 Å². The quantitative estimate of drug-likeness (QED) is 0.576. The average molecular weight is 450 g/mol. The molecule has 1 heterocycles. The first kappa shape index (κ1) is 22.8. The third-order valence-corrected chi connectivity index (χ3v) is 6.38. The zero-order valence-electron chi connectivity index (χ0n) is 18.3. The Bertz CT molecular complexity index is 879. The molecule has 0 aromatic heterocycles. The maximum Gasteiger partial charge on any atom is 0.573 e. The molecule has 1 aliphatic heterocycles. The fraction of sp³-hybridized carbons (Fsp3) is 0.520. The van der Waals surface area contributed by atoms with Crippen molar-refractivity contribution in [1.29, 1.82) is 0 Å². The second-order valence-corrected chi connectivity index (χ2v) is 8.79. The van der Waals surface area contributed by atoms with E-state index in [0.717, 1.165) is 55.8 Å². The Labute approximate surface area is 187 Å². The summed E-state index contributed by atoms with van der Waals surface area (Å²) in [4.78, 5) is 0. The highest BCUT2D eigenvalue weighted by atomic mass is 19.4. The average Bonchev–Trinajstić information content (AvgIpc) is 3.27. The predicted octanol–water partition coefficient (Wildman–Crippen LogP) is 5.85. The smallest absolute Gasteiger partial charge is 0.493 e. The normalized spacial score (nSPS) is 22.0. The topological polar surface area (TPSA) is 39.7 Å². The predicted molar refractivity (Wildman–Crippen MR) is 116 cm³/mol. The van der Waals surface area contributed by atoms with Gasteiger partial charge in [0.05, 0.1) is 13.2 Å². The van der Waals surface area contributed by atoms with E-state index in [1.807, 2.05) is 6.07 Å². The standard InChI is InChI=1S/C25H30F3NO3/c1-30-23-11-8-19(14-24(23)31-21-4-2-3-5-21)20-13-18(15-29-16-20)12-17-6-9-22(10-7-17)32-25(26,27)28/h6-11,14,18,20-21,29H,2-5,12-13,15-16H2,1H3/t18-,20+/m0/s1. The summed E-state index contributed by atoms with van der Waals surface area (Å²) >= 11 is 0. The van der Waals surface area contributed by atoms with E-state index in [1.54, 1.807) is 19.2 Å². The molecular weight excluding hydrogens is 419 g/mol. The lowest BCUT2D eigenvalue weighted by Gasteiger charge is -2.31. The maximum absolute atomic E-state index is 12.4. The van der Waals surface area contributed by atoms with Gasteiger partial charge in [-0.2, -0.15) is 0 Å². The highest BCUT2D eigenvalue weighted by Gasteiger charge is 2.31. The Morgan fingerprint density at radius 1 is 0.969 bits per heavy atom. The van der Waals surface area contributed by atoms with E-state index in [1.165, 1.54) is 30.5 Å². The summed E-state index contributed by atoms with van der Waals surface area (Å²) in [5, 5.41) is 3.52. The molecule has 0 amide bonds. The number of methoxy groups -OCH3 is 1. The lowest BCUT2D eigenvalue weighted by molar-refractivity contribution is -0.274. The van der Waals surface area contributed by atoms with Crippen molar-refractivity contribution < 1.29 is 27.4 Å². The second-order valence-electron chi connectivity index (χ2n) is 8.79. The third kappa shape index (κ3) is 6.09. The van der Waals surface area contributed by atoms with Crippen LogP contribution >= 0.6 is 0 Å². The van der Waals surface area contributed by atoms with E-state index in [-0.39, 0.29) is 11.9 Å². The van der Waals surface area contributed by atoms with Gasteiger partial charge in [-0.15, -0.1) is 13.2 Å². The molecule has 4 nitrogen and oxygen atoms in total. The summed E-state index contributed by atoms with van der Waals surface area (Å²) in [6.45, 7) is 1.78. The molecule has 0 spiro atoms. The van der Waals surface area contributed by atoms with Crippen LogP contribution in [0.2, 0.25) is 0 Å². The largest absolute Gasteiger partial charge is 0.573 e. The number of ether oxygens (including phenoxy) is 3. The van der Waals surface area contributed by atoms with Gasteiger partial charge in [-0.05, 0) is 92.3 Å². The fourth-order valence-electron chi connectivity index (χ4n) is 4.83. The van der Waals surface area contributed by atoms with Gasteiger partial charge in [-0.1, -0.05) is 18.2 Å². The van der Waals surface area contributed by atoms with Crippen molar-refractivity contribution in [3.8, 4) is 17.2 Å². The maximum atomic E-state index is 12.4. The molecule has 1 saturated carbocycles. The monoisotopic (exact) mass is 449 g/mol. The number of benzene rings is 2. The summed E-state index contributed by atoms with van der Waals surface area (Å²) in [7, 11) is 1.67. The van der Waals surface area contributed by atoms with Crippen molar-refractivity contribution in [3.63, 3.8) is 0 Å². The SMILES string of the molecule is COc1ccc([C@H]2CNC[C@@H](Cc3ccc(OC(F)(F)F)cc3)C2)cc1OC1CCCC1. The van der Waals surface area contributed by atoms with Crippen molar-refractivity contribution in [3.05, 3.63) is 53.6 Å². The van der Waals surface area contributed by atoms with Crippen LogP contribution in [0, 0.1) is 5.92 Å². The first-order chi connectivity index (χ1) is 15.4. The van der Waals surface area contributed by atoms with Crippen LogP contribution in [0.4, 0.5) is 13.2 Å². The molecule has 2 aromatic carbocycles. The van der Waals surface area contributed by atoms with Crippen LogP contribution in [0.15, 0.2) is 42.5 Å². The number of halogens is 3. The fourth-order valence-corrected chi connectivity index (χ4v) is 4.83. The van der Waals surface area contributed by atoms with Crippen molar-refractivity contribution in [2.24, 2.45) is 5.92 Å². The van der Waals surface area contributed by atoms with Crippen LogP contribution in [0.1, 0.15) is 49.1 Å². The van der Waals surface area contributed by atoms with Gasteiger partial charge in [0.25, 0.3) is 0 Å². The number of piperidine rings is 1. The number of rotatable bonds is 7. The van der Waals surface area contributed by atoms with Crippen molar-refractivity contribution in [2.75, 3.05) is 20.2 Å². The Morgan fingerprint density at radius 2 is 1.72 bits per heavy atom. The van der Waals surface area contributed by atoms with Gasteiger partial charge >= 0.3 is 6.36 Å². The molecule has 4 rings (SSSR count). The minimum absolute atomic E-state index is 0.186. The molecule has 32 heavy (non-hydrogen) atoms. The molecule has 7 heteroatoms. The molecule has 2 aromatic rings. The zero-order valence-corrected chi connectivity index (χ0v) is 18.3. The highest BCUT2D eigenvalue weighted by Crippen LogP contribution is 2.37. The van der Waals surface area contributed by atoms with Crippen molar-refractivity contribution in [1.82, 2.24) is 5.32 Å². The van der Waals surface area contributed by atoms with Crippen LogP contribution < -0.4 is 19.5 Å². The van der Waals surface area contributed by atoms with E-state index < -0.39 is 6.36 Å². The minimum atomic E-state index is -4.67. The summed E-state index contributed by atoms with van der Waals surface area (Å²) in [6, 6.07) is 12.4. The molecule has 1 saturated heterocycles.